The van der Waals surface area contributed by atoms with Crippen LogP contribution in [0.4, 0.5) is 0 Å². The number of amides is 1. The van der Waals surface area contributed by atoms with Gasteiger partial charge in [-0.3, -0.25) is 4.79 Å². The van der Waals surface area contributed by atoms with Crippen molar-refractivity contribution in [3.63, 3.8) is 0 Å². The van der Waals surface area contributed by atoms with E-state index < -0.39 is 0 Å². The van der Waals surface area contributed by atoms with Gasteiger partial charge in [-0.1, -0.05) is 54.1 Å². The monoisotopic (exact) mass is 334 g/mol. The van der Waals surface area contributed by atoms with E-state index in [0.29, 0.717) is 5.82 Å². The van der Waals surface area contributed by atoms with E-state index in [2.05, 4.69) is 32.0 Å². The molecule has 1 amide bonds. The number of hydrogen-bond acceptors (Lipinski definition) is 5. The number of benzene rings is 2. The summed E-state index contributed by atoms with van der Waals surface area (Å²) < 4.78 is 0. The van der Waals surface area contributed by atoms with Crippen molar-refractivity contribution < 1.29 is 4.79 Å². The number of nitrogens with zero attached hydrogens (tertiary/aromatic N) is 5. The first-order chi connectivity index (χ1) is 12.1. The zero-order chi connectivity index (χ0) is 17.6. The average molecular weight is 334 g/mol. The van der Waals surface area contributed by atoms with Crippen molar-refractivity contribution in [2.75, 3.05) is 0 Å². The third kappa shape index (κ3) is 4.35. The number of carbonyl (C=O) groups excluding carboxylic acids is 1. The van der Waals surface area contributed by atoms with E-state index in [4.69, 9.17) is 0 Å². The molecule has 0 saturated heterocycles. The molecule has 0 atom stereocenters. The van der Waals surface area contributed by atoms with Crippen LogP contribution in [0.3, 0.4) is 0 Å². The summed E-state index contributed by atoms with van der Waals surface area (Å²) in [7, 11) is 0. The lowest BCUT2D eigenvalue weighted by atomic mass is 10.1. The van der Waals surface area contributed by atoms with Gasteiger partial charge >= 0.3 is 0 Å². The first kappa shape index (κ1) is 16.5. The first-order valence-corrected chi connectivity index (χ1v) is 7.84. The molecule has 3 aromatic rings. The lowest BCUT2D eigenvalue weighted by Gasteiger charge is -2.01. The van der Waals surface area contributed by atoms with Crippen molar-refractivity contribution in [3.8, 4) is 11.4 Å². The molecule has 25 heavy (non-hydrogen) atoms. The number of carbonyl (C=O) groups is 1. The molecule has 7 nitrogen and oxygen atoms in total. The van der Waals surface area contributed by atoms with Crippen molar-refractivity contribution in [3.05, 3.63) is 65.2 Å². The number of nitrogens with one attached hydrogen (secondary N) is 1. The number of aromatic nitrogens is 4. The normalized spacial score (nSPS) is 11.0. The lowest BCUT2D eigenvalue weighted by Crippen LogP contribution is -2.24. The highest BCUT2D eigenvalue weighted by molar-refractivity contribution is 5.83. The fourth-order valence-corrected chi connectivity index (χ4v) is 2.32. The topological polar surface area (TPSA) is 85.1 Å². The van der Waals surface area contributed by atoms with E-state index in [1.807, 2.05) is 56.3 Å². The van der Waals surface area contributed by atoms with Crippen LogP contribution < -0.4 is 5.43 Å². The Kier molecular flexibility index (Phi) is 4.94. The van der Waals surface area contributed by atoms with Crippen molar-refractivity contribution in [2.45, 2.75) is 20.4 Å². The van der Waals surface area contributed by atoms with Crippen LogP contribution in [0.15, 0.2) is 53.6 Å². The molecular weight excluding hydrogens is 316 g/mol. The Morgan fingerprint density at radius 1 is 1.20 bits per heavy atom. The van der Waals surface area contributed by atoms with Crippen molar-refractivity contribution in [2.24, 2.45) is 5.10 Å². The molecule has 126 valence electrons. The Bertz CT molecular complexity index is 901. The first-order valence-electron chi connectivity index (χ1n) is 7.84. The molecule has 0 bridgehead atoms. The molecule has 0 aliphatic carbocycles. The van der Waals surface area contributed by atoms with E-state index in [1.54, 1.807) is 6.21 Å². The molecule has 7 heteroatoms. The van der Waals surface area contributed by atoms with Gasteiger partial charge in [-0.2, -0.15) is 9.90 Å². The number of rotatable bonds is 5. The van der Waals surface area contributed by atoms with Gasteiger partial charge in [-0.25, -0.2) is 5.43 Å². The van der Waals surface area contributed by atoms with E-state index in [9.17, 15) is 4.79 Å². The fourth-order valence-electron chi connectivity index (χ4n) is 2.32. The molecule has 0 spiro atoms. The largest absolute Gasteiger partial charge is 0.271 e. The summed E-state index contributed by atoms with van der Waals surface area (Å²) in [6.45, 7) is 3.98. The molecule has 1 N–H and O–H groups in total. The second kappa shape index (κ2) is 7.48. The minimum Gasteiger partial charge on any atom is -0.271 e. The van der Waals surface area contributed by atoms with Gasteiger partial charge in [0.05, 0.1) is 6.21 Å². The van der Waals surface area contributed by atoms with Crippen LogP contribution in [0.1, 0.15) is 16.7 Å². The van der Waals surface area contributed by atoms with E-state index in [1.165, 1.54) is 10.4 Å². The summed E-state index contributed by atoms with van der Waals surface area (Å²) in [4.78, 5) is 13.2. The number of aryl methyl sites for hydroxylation is 2. The van der Waals surface area contributed by atoms with Crippen LogP contribution in [0.25, 0.3) is 11.4 Å². The van der Waals surface area contributed by atoms with E-state index in [0.717, 1.165) is 16.7 Å². The summed E-state index contributed by atoms with van der Waals surface area (Å²) in [5, 5.41) is 16.0. The SMILES string of the molecule is Cc1ccc(C=NNC(=O)Cn2nnc(-c3ccccc3)n2)c(C)c1. The zero-order valence-electron chi connectivity index (χ0n) is 14.0. The van der Waals surface area contributed by atoms with Gasteiger partial charge in [0.2, 0.25) is 5.82 Å². The molecule has 0 aliphatic rings. The van der Waals surface area contributed by atoms with Gasteiger partial charge in [-0.05, 0) is 30.2 Å². The molecule has 0 unspecified atom stereocenters. The van der Waals surface area contributed by atoms with Crippen molar-refractivity contribution in [1.82, 2.24) is 25.6 Å². The van der Waals surface area contributed by atoms with Crippen LogP contribution in [0, 0.1) is 13.8 Å². The van der Waals surface area contributed by atoms with Gasteiger partial charge in [-0.15, -0.1) is 10.2 Å². The fraction of sp³-hybridized carbons (Fsp3) is 0.167. The zero-order valence-corrected chi connectivity index (χ0v) is 14.0. The second-order valence-electron chi connectivity index (χ2n) is 5.66. The Morgan fingerprint density at radius 3 is 2.76 bits per heavy atom. The Labute approximate surface area is 145 Å². The van der Waals surface area contributed by atoms with Crippen LogP contribution in [0.2, 0.25) is 0 Å². The molecule has 1 heterocycles. The third-order valence-electron chi connectivity index (χ3n) is 3.59. The standard InChI is InChI=1S/C18H18N6O/c1-13-8-9-16(14(2)10-13)11-19-20-17(25)12-24-22-18(21-23-24)15-6-4-3-5-7-15/h3-11H,12H2,1-2H3,(H,20,25). The number of hydrogen-bond donors (Lipinski definition) is 1. The molecule has 0 saturated carbocycles. The summed E-state index contributed by atoms with van der Waals surface area (Å²) >= 11 is 0. The smallest absolute Gasteiger partial charge is 0.263 e. The van der Waals surface area contributed by atoms with Gasteiger partial charge in [0.25, 0.3) is 5.91 Å². The van der Waals surface area contributed by atoms with Crippen LogP contribution in [0.5, 0.6) is 0 Å². The predicted octanol–water partition coefficient (Wildman–Crippen LogP) is 2.11. The molecule has 2 aromatic carbocycles. The molecular formula is C18H18N6O. The molecule has 0 fully saturated rings. The highest BCUT2D eigenvalue weighted by atomic mass is 16.2. The Hall–Kier alpha value is -3.35. The molecule has 3 rings (SSSR count). The summed E-state index contributed by atoms with van der Waals surface area (Å²) in [6.07, 6.45) is 1.62. The second-order valence-corrected chi connectivity index (χ2v) is 5.66. The third-order valence-corrected chi connectivity index (χ3v) is 3.59. The minimum absolute atomic E-state index is 0.0515. The number of tetrazole rings is 1. The maximum atomic E-state index is 11.9. The maximum Gasteiger partial charge on any atom is 0.263 e. The van der Waals surface area contributed by atoms with Crippen LogP contribution in [-0.2, 0) is 11.3 Å². The van der Waals surface area contributed by atoms with Crippen LogP contribution in [-0.4, -0.2) is 32.3 Å². The van der Waals surface area contributed by atoms with Gasteiger partial charge < -0.3 is 0 Å². The average Bonchev–Trinajstić information content (AvgIpc) is 3.06. The molecule has 0 radical (unpaired) electrons. The highest BCUT2D eigenvalue weighted by Gasteiger charge is 2.08. The van der Waals surface area contributed by atoms with Gasteiger partial charge in [0.15, 0.2) is 0 Å². The van der Waals surface area contributed by atoms with Gasteiger partial charge in [0.1, 0.15) is 6.54 Å². The lowest BCUT2D eigenvalue weighted by molar-refractivity contribution is -0.122. The molecule has 0 aliphatic heterocycles. The quantitative estimate of drug-likeness (QED) is 0.572. The van der Waals surface area contributed by atoms with E-state index >= 15 is 0 Å². The summed E-state index contributed by atoms with van der Waals surface area (Å²) in [6, 6.07) is 15.5. The minimum atomic E-state index is -0.321. The number of hydrazone groups is 1. The van der Waals surface area contributed by atoms with Crippen molar-refractivity contribution in [1.29, 1.82) is 0 Å². The van der Waals surface area contributed by atoms with E-state index in [-0.39, 0.29) is 12.5 Å². The maximum absolute atomic E-state index is 11.9. The summed E-state index contributed by atoms with van der Waals surface area (Å²) in [5.41, 5.74) is 6.56. The molecule has 1 aromatic heterocycles. The highest BCUT2D eigenvalue weighted by Crippen LogP contribution is 2.11. The van der Waals surface area contributed by atoms with Crippen LogP contribution >= 0.6 is 0 Å². The Morgan fingerprint density at radius 2 is 2.00 bits per heavy atom. The van der Waals surface area contributed by atoms with Crippen molar-refractivity contribution >= 4 is 12.1 Å². The van der Waals surface area contributed by atoms with Gasteiger partial charge in [0, 0.05) is 5.56 Å². The predicted molar refractivity (Wildman–Crippen MR) is 94.9 cm³/mol. The summed E-state index contributed by atoms with van der Waals surface area (Å²) in [5.74, 6) is 0.158. The Balaban J connectivity index is 1.58.